The molecule has 2 aliphatic heterocycles. The largest absolute Gasteiger partial charge is 0.432 e. The normalized spacial score (nSPS) is 21.9. The van der Waals surface area contributed by atoms with E-state index in [0.29, 0.717) is 0 Å². The molecule has 0 aromatic carbocycles. The van der Waals surface area contributed by atoms with Crippen molar-refractivity contribution in [2.75, 3.05) is 14.2 Å². The van der Waals surface area contributed by atoms with Crippen molar-refractivity contribution >= 4 is 5.91 Å². The molecule has 19 heavy (non-hydrogen) atoms. The van der Waals surface area contributed by atoms with Crippen LogP contribution >= 0.6 is 0 Å². The Bertz CT molecular complexity index is 482. The molecule has 0 spiro atoms. The number of amides is 1. The molecule has 0 bridgehead atoms. The summed E-state index contributed by atoms with van der Waals surface area (Å²) >= 11 is 0. The van der Waals surface area contributed by atoms with Crippen molar-refractivity contribution in [2.45, 2.75) is 12.2 Å². The first-order chi connectivity index (χ1) is 8.84. The van der Waals surface area contributed by atoms with Gasteiger partial charge in [-0.1, -0.05) is 6.08 Å². The molecule has 0 saturated carbocycles. The summed E-state index contributed by atoms with van der Waals surface area (Å²) in [6.07, 6.45) is 0.633. The van der Waals surface area contributed by atoms with Crippen LogP contribution in [0.5, 0.6) is 0 Å². The number of carbonyl (C=O) groups is 1. The van der Waals surface area contributed by atoms with Crippen LogP contribution in [0.1, 0.15) is 0 Å². The van der Waals surface area contributed by atoms with E-state index < -0.39 is 23.8 Å². The minimum absolute atomic E-state index is 0.276. The van der Waals surface area contributed by atoms with Gasteiger partial charge in [0.15, 0.2) is 0 Å². The highest BCUT2D eigenvalue weighted by Crippen LogP contribution is 2.34. The van der Waals surface area contributed by atoms with E-state index in [1.54, 1.807) is 0 Å². The number of nitrogens with zero attached hydrogens (tertiary/aromatic N) is 2. The Morgan fingerprint density at radius 1 is 1.53 bits per heavy atom. The van der Waals surface area contributed by atoms with Gasteiger partial charge < -0.3 is 0 Å². The number of hydrogen-bond acceptors (Lipinski definition) is 4. The lowest BCUT2D eigenvalue weighted by atomic mass is 10.2. The van der Waals surface area contributed by atoms with E-state index >= 15 is 0 Å². The zero-order chi connectivity index (χ0) is 14.2. The molecule has 1 unspecified atom stereocenters. The number of halogens is 3. The van der Waals surface area contributed by atoms with Crippen LogP contribution in [0.25, 0.3) is 0 Å². The lowest BCUT2D eigenvalue weighted by Gasteiger charge is -2.28. The number of likely N-dealkylation sites (N-methyl/N-ethyl adjacent to an activating group) is 1. The summed E-state index contributed by atoms with van der Waals surface area (Å²) in [5.41, 5.74) is 1.91. The molecule has 5 nitrogen and oxygen atoms in total. The third kappa shape index (κ3) is 2.49. The number of carbonyl (C=O) groups excluding carboxylic acids is 1. The van der Waals surface area contributed by atoms with E-state index in [1.165, 1.54) is 32.4 Å². The first-order valence-corrected chi connectivity index (χ1v) is 5.40. The average Bonchev–Trinajstić information content (AvgIpc) is 2.78. The number of nitrogens with one attached hydrogen (secondary N) is 1. The van der Waals surface area contributed by atoms with Crippen molar-refractivity contribution in [1.29, 1.82) is 0 Å². The van der Waals surface area contributed by atoms with Crippen LogP contribution in [0.15, 0.2) is 35.7 Å². The Morgan fingerprint density at radius 3 is 2.79 bits per heavy atom. The molecular weight excluding hydrogens is 263 g/mol. The highest BCUT2D eigenvalue weighted by Gasteiger charge is 2.43. The molecule has 0 fully saturated rings. The predicted molar refractivity (Wildman–Crippen MR) is 59.9 cm³/mol. The Labute approximate surface area is 107 Å². The van der Waals surface area contributed by atoms with Crippen LogP contribution in [0.4, 0.5) is 13.2 Å². The van der Waals surface area contributed by atoms with E-state index in [-0.39, 0.29) is 5.70 Å². The molecule has 1 amide bonds. The van der Waals surface area contributed by atoms with Gasteiger partial charge in [-0.05, 0) is 18.2 Å². The topological polar surface area (TPSA) is 44.8 Å². The van der Waals surface area contributed by atoms with Crippen LogP contribution in [0.3, 0.4) is 0 Å². The van der Waals surface area contributed by atoms with Gasteiger partial charge in [0, 0.05) is 7.05 Å². The van der Waals surface area contributed by atoms with E-state index in [2.05, 4.69) is 5.43 Å². The molecule has 104 valence electrons. The average molecular weight is 275 g/mol. The summed E-state index contributed by atoms with van der Waals surface area (Å²) in [5, 5.41) is 1.81. The molecule has 8 heteroatoms. The zero-order valence-electron chi connectivity index (χ0n) is 10.2. The first kappa shape index (κ1) is 13.6. The van der Waals surface area contributed by atoms with Crippen LogP contribution < -0.4 is 5.43 Å². The maximum absolute atomic E-state index is 12.8. The van der Waals surface area contributed by atoms with E-state index in [9.17, 15) is 18.0 Å². The molecule has 0 aliphatic carbocycles. The minimum Gasteiger partial charge on any atom is -0.275 e. The lowest BCUT2D eigenvalue weighted by Crippen LogP contribution is -2.47. The van der Waals surface area contributed by atoms with Gasteiger partial charge in [0.1, 0.15) is 11.7 Å². The summed E-state index contributed by atoms with van der Waals surface area (Å²) in [6, 6.07) is -0.895. The van der Waals surface area contributed by atoms with Crippen molar-refractivity contribution < 1.29 is 22.8 Å². The number of fused-ring (bicyclic) bond motifs is 1. The molecule has 0 radical (unpaired) electrons. The second-order valence-corrected chi connectivity index (χ2v) is 3.96. The van der Waals surface area contributed by atoms with Crippen LogP contribution in [-0.2, 0) is 9.63 Å². The summed E-state index contributed by atoms with van der Waals surface area (Å²) in [5.74, 6) is -0.487. The van der Waals surface area contributed by atoms with Crippen LogP contribution in [-0.4, -0.2) is 42.4 Å². The fourth-order valence-corrected chi connectivity index (χ4v) is 1.78. The summed E-state index contributed by atoms with van der Waals surface area (Å²) in [4.78, 5) is 16.5. The second-order valence-electron chi connectivity index (χ2n) is 3.96. The van der Waals surface area contributed by atoms with Gasteiger partial charge in [-0.2, -0.15) is 13.2 Å². The smallest absolute Gasteiger partial charge is 0.275 e. The van der Waals surface area contributed by atoms with E-state index in [4.69, 9.17) is 4.84 Å². The van der Waals surface area contributed by atoms with Crippen molar-refractivity contribution in [3.63, 3.8) is 0 Å². The quantitative estimate of drug-likeness (QED) is 0.766. The first-order valence-electron chi connectivity index (χ1n) is 5.40. The second kappa shape index (κ2) is 4.71. The van der Waals surface area contributed by atoms with Gasteiger partial charge in [-0.15, -0.1) is 0 Å². The monoisotopic (exact) mass is 275 g/mol. The third-order valence-electron chi connectivity index (χ3n) is 2.77. The van der Waals surface area contributed by atoms with Crippen LogP contribution in [0.2, 0.25) is 0 Å². The van der Waals surface area contributed by atoms with Gasteiger partial charge in [0.2, 0.25) is 0 Å². The number of rotatable bonds is 2. The van der Waals surface area contributed by atoms with Crippen molar-refractivity contribution in [2.24, 2.45) is 0 Å². The Hall–Kier alpha value is -1.80. The summed E-state index contributed by atoms with van der Waals surface area (Å²) in [7, 11) is 2.68. The van der Waals surface area contributed by atoms with Crippen molar-refractivity contribution in [1.82, 2.24) is 15.5 Å². The highest BCUT2D eigenvalue weighted by atomic mass is 19.4. The van der Waals surface area contributed by atoms with Gasteiger partial charge in [0.25, 0.3) is 5.91 Å². The van der Waals surface area contributed by atoms with E-state index in [1.807, 2.05) is 0 Å². The summed E-state index contributed by atoms with van der Waals surface area (Å²) in [6.45, 7) is 0. The number of hydrazine groups is 1. The molecule has 0 saturated heterocycles. The molecule has 1 atom stereocenters. The molecule has 2 heterocycles. The van der Waals surface area contributed by atoms with Gasteiger partial charge in [0.05, 0.1) is 12.8 Å². The SMILES string of the molecule is CON(C)C(=O)C1C=C2C=CC=C(C(F)(F)F)N2N1. The molecule has 1 N–H and O–H groups in total. The van der Waals surface area contributed by atoms with Crippen molar-refractivity contribution in [3.8, 4) is 0 Å². The number of alkyl halides is 3. The molecule has 2 aliphatic rings. The number of allylic oxidation sites excluding steroid dienone is 4. The maximum Gasteiger partial charge on any atom is 0.432 e. The molecule has 0 aromatic heterocycles. The molecule has 0 aromatic rings. The van der Waals surface area contributed by atoms with Gasteiger partial charge >= 0.3 is 6.18 Å². The Balaban J connectivity index is 2.21. The fourth-order valence-electron chi connectivity index (χ4n) is 1.78. The Kier molecular flexibility index (Phi) is 3.38. The highest BCUT2D eigenvalue weighted by molar-refractivity contribution is 5.83. The molecular formula is C11H12F3N3O2. The van der Waals surface area contributed by atoms with Gasteiger partial charge in [-0.25, -0.2) is 10.5 Å². The predicted octanol–water partition coefficient (Wildman–Crippen LogP) is 1.09. The number of hydroxylamine groups is 2. The summed E-state index contributed by atoms with van der Waals surface area (Å²) < 4.78 is 38.4. The standard InChI is InChI=1S/C11H12F3N3O2/c1-16(19-2)10(18)8-6-7-4-3-5-9(11(12,13)14)17(7)15-8/h3-6,8,15H,1-2H3. The number of hydrogen-bond donors (Lipinski definition) is 1. The third-order valence-corrected chi connectivity index (χ3v) is 2.77. The maximum atomic E-state index is 12.8. The lowest BCUT2D eigenvalue weighted by molar-refractivity contribution is -0.170. The Morgan fingerprint density at radius 2 is 2.21 bits per heavy atom. The fraction of sp³-hybridized carbons (Fsp3) is 0.364. The van der Waals surface area contributed by atoms with Gasteiger partial charge in [-0.3, -0.25) is 14.6 Å². The van der Waals surface area contributed by atoms with Crippen molar-refractivity contribution in [3.05, 3.63) is 35.7 Å². The minimum atomic E-state index is -4.50. The zero-order valence-corrected chi connectivity index (χ0v) is 10.2. The van der Waals surface area contributed by atoms with E-state index in [0.717, 1.165) is 16.1 Å². The van der Waals surface area contributed by atoms with Crippen LogP contribution in [0, 0.1) is 0 Å². The molecule has 2 rings (SSSR count).